The molecule has 1 amide bonds. The summed E-state index contributed by atoms with van der Waals surface area (Å²) in [6.07, 6.45) is 3.56. The molecular formula is C12H19N3O4S. The average molecular weight is 301 g/mol. The van der Waals surface area contributed by atoms with Crippen molar-refractivity contribution in [2.75, 3.05) is 25.3 Å². The summed E-state index contributed by atoms with van der Waals surface area (Å²) >= 11 is 0. The smallest absolute Gasteiger partial charge is 0.241 e. The molecule has 0 fully saturated rings. The Hall–Kier alpha value is -1.51. The number of nitrogens with zero attached hydrogens (tertiary/aromatic N) is 1. The first-order valence-corrected chi connectivity index (χ1v) is 7.95. The molecule has 0 aliphatic rings. The average Bonchev–Trinajstić information content (AvgIpc) is 2.38. The number of nitrogens with one attached hydrogen (secondary N) is 1. The van der Waals surface area contributed by atoms with Crippen LogP contribution >= 0.6 is 0 Å². The van der Waals surface area contributed by atoms with Gasteiger partial charge >= 0.3 is 0 Å². The first kappa shape index (κ1) is 16.5. The zero-order valence-electron chi connectivity index (χ0n) is 11.5. The highest BCUT2D eigenvalue weighted by Gasteiger charge is 2.14. The molecule has 1 atom stereocenters. The molecule has 8 heteroatoms. The Morgan fingerprint density at radius 1 is 1.50 bits per heavy atom. The van der Waals surface area contributed by atoms with E-state index in [9.17, 15) is 13.2 Å². The molecule has 0 saturated heterocycles. The molecule has 1 unspecified atom stereocenters. The van der Waals surface area contributed by atoms with Gasteiger partial charge in [0.05, 0.1) is 17.9 Å². The van der Waals surface area contributed by atoms with Crippen LogP contribution in [-0.4, -0.2) is 45.3 Å². The fourth-order valence-electron chi connectivity index (χ4n) is 1.49. The van der Waals surface area contributed by atoms with Crippen LogP contribution in [0.5, 0.6) is 0 Å². The second-order valence-electron chi connectivity index (χ2n) is 4.39. The van der Waals surface area contributed by atoms with Crippen LogP contribution < -0.4 is 11.1 Å². The lowest BCUT2D eigenvalue weighted by Crippen LogP contribution is -2.35. The van der Waals surface area contributed by atoms with Gasteiger partial charge in [0, 0.05) is 20.0 Å². The highest BCUT2D eigenvalue weighted by Crippen LogP contribution is 2.10. The van der Waals surface area contributed by atoms with E-state index in [1.165, 1.54) is 18.3 Å². The predicted molar refractivity (Wildman–Crippen MR) is 75.1 cm³/mol. The van der Waals surface area contributed by atoms with E-state index >= 15 is 0 Å². The van der Waals surface area contributed by atoms with Crippen molar-refractivity contribution in [2.24, 2.45) is 5.73 Å². The van der Waals surface area contributed by atoms with Gasteiger partial charge in [0.25, 0.3) is 0 Å². The normalized spacial score (nSPS) is 12.9. The molecule has 1 aromatic rings. The van der Waals surface area contributed by atoms with Crippen molar-refractivity contribution < 1.29 is 17.9 Å². The van der Waals surface area contributed by atoms with Crippen LogP contribution in [0.2, 0.25) is 0 Å². The van der Waals surface area contributed by atoms with Gasteiger partial charge in [0.1, 0.15) is 0 Å². The number of hydrogen-bond acceptors (Lipinski definition) is 6. The van der Waals surface area contributed by atoms with Crippen molar-refractivity contribution >= 4 is 21.4 Å². The van der Waals surface area contributed by atoms with E-state index in [1.807, 2.05) is 0 Å². The molecule has 0 bridgehead atoms. The van der Waals surface area contributed by atoms with Crippen LogP contribution in [0.4, 0.5) is 5.69 Å². The van der Waals surface area contributed by atoms with Gasteiger partial charge in [-0.3, -0.25) is 4.79 Å². The molecule has 20 heavy (non-hydrogen) atoms. The third kappa shape index (κ3) is 5.24. The lowest BCUT2D eigenvalue weighted by atomic mass is 10.1. The molecule has 0 aliphatic heterocycles. The van der Waals surface area contributed by atoms with Crippen LogP contribution in [-0.2, 0) is 19.4 Å². The van der Waals surface area contributed by atoms with Crippen molar-refractivity contribution in [3.8, 4) is 0 Å². The van der Waals surface area contributed by atoms with E-state index in [-0.39, 0.29) is 10.9 Å². The Morgan fingerprint density at radius 3 is 2.70 bits per heavy atom. The fraction of sp³-hybridized carbons (Fsp3) is 0.500. The number of sulfone groups is 1. The summed E-state index contributed by atoms with van der Waals surface area (Å²) in [5, 5.41) is 2.54. The van der Waals surface area contributed by atoms with E-state index in [0.717, 1.165) is 6.26 Å². The zero-order valence-corrected chi connectivity index (χ0v) is 12.3. The molecule has 7 nitrogen and oxygen atoms in total. The number of carbonyl (C=O) groups excluding carboxylic acids is 1. The number of pyridine rings is 1. The standard InChI is InChI=1S/C12H19N3O4S/c1-19-7-3-4-10(13)12(16)15-9-5-6-11(14-8-9)20(2,17)18/h5-6,8,10H,3-4,7,13H2,1-2H3,(H,15,16). The SMILES string of the molecule is COCCCC(N)C(=O)Nc1ccc(S(C)(=O)=O)nc1. The minimum atomic E-state index is -3.34. The maximum atomic E-state index is 11.8. The Labute approximate surface area is 118 Å². The van der Waals surface area contributed by atoms with Gasteiger partial charge in [-0.1, -0.05) is 0 Å². The van der Waals surface area contributed by atoms with Crippen molar-refractivity contribution in [3.63, 3.8) is 0 Å². The molecule has 0 aliphatic carbocycles. The number of ether oxygens (including phenoxy) is 1. The molecular weight excluding hydrogens is 282 g/mol. The molecule has 1 rings (SSSR count). The Morgan fingerprint density at radius 2 is 2.20 bits per heavy atom. The number of rotatable bonds is 7. The summed E-state index contributed by atoms with van der Waals surface area (Å²) in [4.78, 5) is 15.5. The minimum Gasteiger partial charge on any atom is -0.385 e. The van der Waals surface area contributed by atoms with E-state index in [1.54, 1.807) is 7.11 Å². The van der Waals surface area contributed by atoms with Crippen LogP contribution in [0.15, 0.2) is 23.4 Å². The van der Waals surface area contributed by atoms with Crippen LogP contribution in [0, 0.1) is 0 Å². The van der Waals surface area contributed by atoms with Gasteiger partial charge in [-0.2, -0.15) is 0 Å². The molecule has 3 N–H and O–H groups in total. The molecule has 0 radical (unpaired) electrons. The number of anilines is 1. The zero-order chi connectivity index (χ0) is 15.2. The Kier molecular flexibility index (Phi) is 6.05. The number of methoxy groups -OCH3 is 1. The molecule has 112 valence electrons. The number of amides is 1. The number of nitrogens with two attached hydrogens (primary N) is 1. The molecule has 1 heterocycles. The number of aromatic nitrogens is 1. The lowest BCUT2D eigenvalue weighted by molar-refractivity contribution is -0.117. The van der Waals surface area contributed by atoms with E-state index in [2.05, 4.69) is 10.3 Å². The quantitative estimate of drug-likeness (QED) is 0.695. The maximum Gasteiger partial charge on any atom is 0.241 e. The fourth-order valence-corrected chi connectivity index (χ4v) is 2.05. The molecule has 0 aromatic carbocycles. The van der Waals surface area contributed by atoms with Gasteiger partial charge in [-0.15, -0.1) is 0 Å². The first-order chi connectivity index (χ1) is 9.34. The van der Waals surface area contributed by atoms with Crippen LogP contribution in [0.3, 0.4) is 0 Å². The van der Waals surface area contributed by atoms with Crippen molar-refractivity contribution in [1.82, 2.24) is 4.98 Å². The monoisotopic (exact) mass is 301 g/mol. The summed E-state index contributed by atoms with van der Waals surface area (Å²) in [7, 11) is -1.76. The number of hydrogen-bond donors (Lipinski definition) is 2. The van der Waals surface area contributed by atoms with E-state index in [0.29, 0.717) is 25.1 Å². The second-order valence-corrected chi connectivity index (χ2v) is 6.35. The minimum absolute atomic E-state index is 0.0418. The van der Waals surface area contributed by atoms with E-state index in [4.69, 9.17) is 10.5 Å². The van der Waals surface area contributed by atoms with Crippen molar-refractivity contribution in [2.45, 2.75) is 23.9 Å². The van der Waals surface area contributed by atoms with E-state index < -0.39 is 15.9 Å². The first-order valence-electron chi connectivity index (χ1n) is 6.06. The highest BCUT2D eigenvalue weighted by molar-refractivity contribution is 7.90. The summed E-state index contributed by atoms with van der Waals surface area (Å²) in [6, 6.07) is 2.17. The number of carbonyl (C=O) groups is 1. The summed E-state index contributed by atoms with van der Waals surface area (Å²) in [5.41, 5.74) is 6.13. The summed E-state index contributed by atoms with van der Waals surface area (Å²) < 4.78 is 27.4. The lowest BCUT2D eigenvalue weighted by Gasteiger charge is -2.11. The van der Waals surface area contributed by atoms with Crippen LogP contribution in [0.1, 0.15) is 12.8 Å². The van der Waals surface area contributed by atoms with Crippen molar-refractivity contribution in [1.29, 1.82) is 0 Å². The van der Waals surface area contributed by atoms with Gasteiger partial charge in [-0.25, -0.2) is 13.4 Å². The van der Waals surface area contributed by atoms with Gasteiger partial charge in [0.15, 0.2) is 14.9 Å². The third-order valence-corrected chi connectivity index (χ3v) is 3.59. The summed E-state index contributed by atoms with van der Waals surface area (Å²) in [5.74, 6) is -0.338. The van der Waals surface area contributed by atoms with Gasteiger partial charge in [0.2, 0.25) is 5.91 Å². The molecule has 1 aromatic heterocycles. The molecule has 0 spiro atoms. The summed E-state index contributed by atoms with van der Waals surface area (Å²) in [6.45, 7) is 0.547. The topological polar surface area (TPSA) is 111 Å². The molecule has 0 saturated carbocycles. The van der Waals surface area contributed by atoms with Gasteiger partial charge in [-0.05, 0) is 25.0 Å². The van der Waals surface area contributed by atoms with Gasteiger partial charge < -0.3 is 15.8 Å². The maximum absolute atomic E-state index is 11.8. The highest BCUT2D eigenvalue weighted by atomic mass is 32.2. The Bertz CT molecular complexity index is 542. The second kappa shape index (κ2) is 7.32. The Balaban J connectivity index is 2.58. The third-order valence-electron chi connectivity index (χ3n) is 2.58. The predicted octanol–water partition coefficient (Wildman–Crippen LogP) is 0.178. The van der Waals surface area contributed by atoms with Crippen LogP contribution in [0.25, 0.3) is 0 Å². The largest absolute Gasteiger partial charge is 0.385 e. The van der Waals surface area contributed by atoms with Crippen molar-refractivity contribution in [3.05, 3.63) is 18.3 Å².